The Balaban J connectivity index is 2.23. The lowest BCUT2D eigenvalue weighted by Crippen LogP contribution is -2.02. The molecule has 1 unspecified atom stereocenters. The summed E-state index contributed by atoms with van der Waals surface area (Å²) in [5.74, 6) is 1.19. The second kappa shape index (κ2) is 4.76. The van der Waals surface area contributed by atoms with E-state index in [9.17, 15) is 5.11 Å². The van der Waals surface area contributed by atoms with E-state index in [1.807, 2.05) is 6.08 Å². The highest BCUT2D eigenvalue weighted by molar-refractivity contribution is 6.32. The summed E-state index contributed by atoms with van der Waals surface area (Å²) in [6.45, 7) is 0.635. The fourth-order valence-electron chi connectivity index (χ4n) is 1.64. The molecule has 16 heavy (non-hydrogen) atoms. The molecule has 1 atom stereocenters. The van der Waals surface area contributed by atoms with E-state index in [-0.39, 0.29) is 0 Å². The second-order valence-corrected chi connectivity index (χ2v) is 3.95. The molecule has 2 rings (SSSR count). The lowest BCUT2D eigenvalue weighted by atomic mass is 10.1. The van der Waals surface area contributed by atoms with Gasteiger partial charge >= 0.3 is 0 Å². The molecule has 0 aliphatic carbocycles. The van der Waals surface area contributed by atoms with Crippen LogP contribution in [0.3, 0.4) is 0 Å². The molecule has 0 aromatic heterocycles. The van der Waals surface area contributed by atoms with Gasteiger partial charge in [0.25, 0.3) is 0 Å². The van der Waals surface area contributed by atoms with Crippen LogP contribution in [0.4, 0.5) is 0 Å². The average Bonchev–Trinajstić information content (AvgIpc) is 2.81. The summed E-state index contributed by atoms with van der Waals surface area (Å²) in [7, 11) is 1.56. The van der Waals surface area contributed by atoms with E-state index in [2.05, 4.69) is 0 Å². The molecule has 0 saturated heterocycles. The predicted molar refractivity (Wildman–Crippen MR) is 61.6 cm³/mol. The van der Waals surface area contributed by atoms with E-state index >= 15 is 0 Å². The van der Waals surface area contributed by atoms with Crippen LogP contribution in [0.15, 0.2) is 30.0 Å². The van der Waals surface area contributed by atoms with Gasteiger partial charge in [-0.15, -0.1) is 0 Å². The van der Waals surface area contributed by atoms with Gasteiger partial charge in [-0.3, -0.25) is 0 Å². The summed E-state index contributed by atoms with van der Waals surface area (Å²) in [5, 5.41) is 10.5. The van der Waals surface area contributed by atoms with E-state index in [4.69, 9.17) is 21.1 Å². The molecule has 1 aromatic rings. The molecule has 1 aliphatic rings. The summed E-state index contributed by atoms with van der Waals surface area (Å²) >= 11 is 5.98. The fourth-order valence-corrected chi connectivity index (χ4v) is 1.91. The molecule has 1 heterocycles. The molecular weight excluding hydrogens is 228 g/mol. The number of hydrogen-bond donors (Lipinski definition) is 1. The maximum atomic E-state index is 10.0. The van der Waals surface area contributed by atoms with Gasteiger partial charge in [-0.1, -0.05) is 17.7 Å². The van der Waals surface area contributed by atoms with Gasteiger partial charge in [0.05, 0.1) is 18.7 Å². The number of ether oxygens (including phenoxy) is 2. The van der Waals surface area contributed by atoms with Crippen molar-refractivity contribution in [3.05, 3.63) is 40.6 Å². The highest BCUT2D eigenvalue weighted by Crippen LogP contribution is 2.31. The van der Waals surface area contributed by atoms with Crippen LogP contribution in [0, 0.1) is 0 Å². The first-order valence-corrected chi connectivity index (χ1v) is 5.44. The monoisotopic (exact) mass is 240 g/mol. The van der Waals surface area contributed by atoms with E-state index < -0.39 is 6.10 Å². The van der Waals surface area contributed by atoms with Crippen molar-refractivity contribution in [2.24, 2.45) is 0 Å². The number of rotatable bonds is 3. The first-order valence-electron chi connectivity index (χ1n) is 5.06. The molecule has 0 spiro atoms. The smallest absolute Gasteiger partial charge is 0.137 e. The van der Waals surface area contributed by atoms with E-state index in [0.717, 1.165) is 6.42 Å². The Kier molecular flexibility index (Phi) is 3.36. The van der Waals surface area contributed by atoms with Gasteiger partial charge in [0.15, 0.2) is 0 Å². The molecule has 1 aromatic carbocycles. The lowest BCUT2D eigenvalue weighted by Gasteiger charge is -2.13. The van der Waals surface area contributed by atoms with Crippen molar-refractivity contribution in [3.63, 3.8) is 0 Å². The third-order valence-electron chi connectivity index (χ3n) is 2.49. The van der Waals surface area contributed by atoms with Gasteiger partial charge in [0.1, 0.15) is 17.6 Å². The lowest BCUT2D eigenvalue weighted by molar-refractivity contribution is 0.119. The summed E-state index contributed by atoms with van der Waals surface area (Å²) in [5.41, 5.74) is 0.707. The summed E-state index contributed by atoms with van der Waals surface area (Å²) in [4.78, 5) is 0. The highest BCUT2D eigenvalue weighted by atomic mass is 35.5. The molecule has 3 nitrogen and oxygen atoms in total. The van der Waals surface area contributed by atoms with Crippen LogP contribution in [0.5, 0.6) is 5.75 Å². The van der Waals surface area contributed by atoms with Gasteiger partial charge in [0.2, 0.25) is 0 Å². The Bertz CT molecular complexity index is 415. The molecule has 0 radical (unpaired) electrons. The van der Waals surface area contributed by atoms with E-state index in [0.29, 0.717) is 28.7 Å². The zero-order chi connectivity index (χ0) is 11.5. The predicted octanol–water partition coefficient (Wildman–Crippen LogP) is 2.69. The van der Waals surface area contributed by atoms with Crippen molar-refractivity contribution in [1.82, 2.24) is 0 Å². The maximum Gasteiger partial charge on any atom is 0.137 e. The van der Waals surface area contributed by atoms with Crippen molar-refractivity contribution >= 4 is 11.6 Å². The summed E-state index contributed by atoms with van der Waals surface area (Å²) in [6, 6.07) is 5.20. The molecule has 1 N–H and O–H groups in total. The number of benzene rings is 1. The number of aliphatic hydroxyl groups excluding tert-OH is 1. The standard InChI is InChI=1S/C12H13ClO3/c1-15-10-5-4-8(7-9(10)13)12(14)11-3-2-6-16-11/h3-5,7,12,14H,2,6H2,1H3. The van der Waals surface area contributed by atoms with E-state index in [1.54, 1.807) is 25.3 Å². The third-order valence-corrected chi connectivity index (χ3v) is 2.79. The molecule has 1 aliphatic heterocycles. The molecule has 4 heteroatoms. The van der Waals surface area contributed by atoms with Crippen LogP contribution < -0.4 is 4.74 Å². The Morgan fingerprint density at radius 3 is 2.88 bits per heavy atom. The number of aliphatic hydroxyl groups is 1. The largest absolute Gasteiger partial charge is 0.495 e. The quantitative estimate of drug-likeness (QED) is 0.883. The molecule has 0 fully saturated rings. The zero-order valence-electron chi connectivity index (χ0n) is 8.94. The minimum absolute atomic E-state index is 0.484. The van der Waals surface area contributed by atoms with Crippen molar-refractivity contribution in [2.75, 3.05) is 13.7 Å². The van der Waals surface area contributed by atoms with Crippen molar-refractivity contribution in [1.29, 1.82) is 0 Å². The molecule has 86 valence electrons. The molecular formula is C12H13ClO3. The van der Waals surface area contributed by atoms with Crippen molar-refractivity contribution in [2.45, 2.75) is 12.5 Å². The minimum Gasteiger partial charge on any atom is -0.495 e. The van der Waals surface area contributed by atoms with Gasteiger partial charge in [-0.05, 0) is 23.8 Å². The topological polar surface area (TPSA) is 38.7 Å². The van der Waals surface area contributed by atoms with Crippen LogP contribution in [-0.4, -0.2) is 18.8 Å². The summed E-state index contributed by atoms with van der Waals surface area (Å²) in [6.07, 6.45) is 1.99. The normalized spacial score (nSPS) is 16.6. The molecule has 0 saturated carbocycles. The molecule has 0 bridgehead atoms. The molecule has 0 amide bonds. The van der Waals surface area contributed by atoms with Crippen LogP contribution in [-0.2, 0) is 4.74 Å². The Hall–Kier alpha value is -1.19. The third kappa shape index (κ3) is 2.15. The average molecular weight is 241 g/mol. The van der Waals surface area contributed by atoms with Gasteiger partial charge < -0.3 is 14.6 Å². The maximum absolute atomic E-state index is 10.0. The Morgan fingerprint density at radius 1 is 1.50 bits per heavy atom. The zero-order valence-corrected chi connectivity index (χ0v) is 9.70. The number of halogens is 1. The number of hydrogen-bond acceptors (Lipinski definition) is 3. The van der Waals surface area contributed by atoms with Crippen LogP contribution >= 0.6 is 11.6 Å². The van der Waals surface area contributed by atoms with Crippen molar-refractivity contribution in [3.8, 4) is 5.75 Å². The first kappa shape index (κ1) is 11.3. The Morgan fingerprint density at radius 2 is 2.31 bits per heavy atom. The number of methoxy groups -OCH3 is 1. The van der Waals surface area contributed by atoms with Gasteiger partial charge in [-0.25, -0.2) is 0 Å². The second-order valence-electron chi connectivity index (χ2n) is 3.54. The van der Waals surface area contributed by atoms with Crippen LogP contribution in [0.1, 0.15) is 18.1 Å². The minimum atomic E-state index is -0.745. The van der Waals surface area contributed by atoms with E-state index in [1.165, 1.54) is 0 Å². The van der Waals surface area contributed by atoms with Crippen LogP contribution in [0.25, 0.3) is 0 Å². The Labute approximate surface area is 99.3 Å². The van der Waals surface area contributed by atoms with Crippen LogP contribution in [0.2, 0.25) is 5.02 Å². The van der Waals surface area contributed by atoms with Gasteiger partial charge in [-0.2, -0.15) is 0 Å². The van der Waals surface area contributed by atoms with Gasteiger partial charge in [0, 0.05) is 6.42 Å². The fraction of sp³-hybridized carbons (Fsp3) is 0.333. The van der Waals surface area contributed by atoms with Crippen molar-refractivity contribution < 1.29 is 14.6 Å². The SMILES string of the molecule is COc1ccc(C(O)C2=CCCO2)cc1Cl. The summed E-state index contributed by atoms with van der Waals surface area (Å²) < 4.78 is 10.3. The highest BCUT2D eigenvalue weighted by Gasteiger charge is 2.18. The first-order chi connectivity index (χ1) is 7.72.